The molecule has 0 bridgehead atoms. The summed E-state index contributed by atoms with van der Waals surface area (Å²) < 4.78 is 0. The second-order valence-electron chi connectivity index (χ2n) is 6.20. The fraction of sp³-hybridized carbons (Fsp3) is 0.0909. The van der Waals surface area contributed by atoms with E-state index in [0.717, 1.165) is 16.1 Å². The number of hydrogen-bond acceptors (Lipinski definition) is 3. The average Bonchev–Trinajstić information content (AvgIpc) is 2.71. The van der Waals surface area contributed by atoms with Crippen LogP contribution in [0.25, 0.3) is 0 Å². The van der Waals surface area contributed by atoms with E-state index in [-0.39, 0.29) is 17.6 Å². The molecule has 2 amide bonds. The van der Waals surface area contributed by atoms with Crippen molar-refractivity contribution in [3.05, 3.63) is 88.4 Å². The summed E-state index contributed by atoms with van der Waals surface area (Å²) in [6.07, 6.45) is 0.326. The number of hydrogen-bond donors (Lipinski definition) is 2. The number of anilines is 2. The fourth-order valence-corrected chi connectivity index (χ4v) is 3.54. The number of amides is 2. The Morgan fingerprint density at radius 2 is 1.41 bits per heavy atom. The van der Waals surface area contributed by atoms with Crippen LogP contribution in [0.3, 0.4) is 0 Å². The van der Waals surface area contributed by atoms with Crippen LogP contribution in [-0.4, -0.2) is 17.6 Å². The van der Waals surface area contributed by atoms with E-state index < -0.39 is 0 Å². The zero-order valence-corrected chi connectivity index (χ0v) is 17.7. The molecule has 29 heavy (non-hydrogen) atoms. The Hall–Kier alpha value is -2.47. The van der Waals surface area contributed by atoms with Crippen molar-refractivity contribution in [2.24, 2.45) is 0 Å². The van der Waals surface area contributed by atoms with Gasteiger partial charge in [-0.15, -0.1) is 11.8 Å². The molecule has 4 nitrogen and oxygen atoms in total. The molecule has 0 fully saturated rings. The Morgan fingerprint density at radius 1 is 0.759 bits per heavy atom. The molecule has 0 aromatic heterocycles. The molecule has 0 unspecified atom stereocenters. The van der Waals surface area contributed by atoms with Gasteiger partial charge in [0, 0.05) is 16.3 Å². The Kier molecular flexibility index (Phi) is 7.58. The topological polar surface area (TPSA) is 58.2 Å². The number of rotatable bonds is 7. The quantitative estimate of drug-likeness (QED) is 0.445. The van der Waals surface area contributed by atoms with Gasteiger partial charge in [0.25, 0.3) is 0 Å². The number of halogens is 2. The van der Waals surface area contributed by atoms with Crippen LogP contribution in [0.2, 0.25) is 10.0 Å². The van der Waals surface area contributed by atoms with Gasteiger partial charge >= 0.3 is 0 Å². The first kappa shape index (κ1) is 21.2. The Balaban J connectivity index is 1.46. The van der Waals surface area contributed by atoms with E-state index in [1.165, 1.54) is 11.8 Å². The van der Waals surface area contributed by atoms with Gasteiger partial charge in [0.05, 0.1) is 22.2 Å². The van der Waals surface area contributed by atoms with Gasteiger partial charge in [0.15, 0.2) is 0 Å². The molecule has 3 rings (SSSR count). The van der Waals surface area contributed by atoms with E-state index in [0.29, 0.717) is 22.2 Å². The Labute approximate surface area is 183 Å². The summed E-state index contributed by atoms with van der Waals surface area (Å²) in [6, 6.07) is 21.9. The maximum atomic E-state index is 12.1. The third-order valence-electron chi connectivity index (χ3n) is 3.92. The lowest BCUT2D eigenvalue weighted by molar-refractivity contribution is -0.115. The van der Waals surface area contributed by atoms with E-state index in [2.05, 4.69) is 10.6 Å². The summed E-state index contributed by atoms with van der Waals surface area (Å²) in [6.45, 7) is 0. The third kappa shape index (κ3) is 6.82. The van der Waals surface area contributed by atoms with E-state index in [1.807, 2.05) is 54.6 Å². The molecule has 0 aliphatic rings. The number of thioether (sulfide) groups is 1. The van der Waals surface area contributed by atoms with Crippen LogP contribution >= 0.6 is 35.0 Å². The van der Waals surface area contributed by atoms with Crippen molar-refractivity contribution in [1.29, 1.82) is 0 Å². The summed E-state index contributed by atoms with van der Waals surface area (Å²) >= 11 is 13.2. The summed E-state index contributed by atoms with van der Waals surface area (Å²) in [5.41, 5.74) is 2.28. The molecule has 2 N–H and O–H groups in total. The molecular formula is C22H18Cl2N2O2S. The lowest BCUT2D eigenvalue weighted by Crippen LogP contribution is -2.14. The van der Waals surface area contributed by atoms with Gasteiger partial charge in [-0.1, -0.05) is 53.5 Å². The standard InChI is InChI=1S/C22H18Cl2N2O2S/c23-19-11-8-17(13-20(19)24)26-22(28)14-29-18-9-6-16(7-10-18)25-21(27)12-15-4-2-1-3-5-15/h1-11,13H,12,14H2,(H,25,27)(H,26,28). The molecule has 7 heteroatoms. The number of carbonyl (C=O) groups excluding carboxylic acids is 2. The minimum Gasteiger partial charge on any atom is -0.326 e. The first-order valence-corrected chi connectivity index (χ1v) is 10.6. The highest BCUT2D eigenvalue weighted by atomic mass is 35.5. The van der Waals surface area contributed by atoms with E-state index in [9.17, 15) is 9.59 Å². The zero-order chi connectivity index (χ0) is 20.6. The van der Waals surface area contributed by atoms with Gasteiger partial charge in [-0.05, 0) is 48.0 Å². The number of benzene rings is 3. The highest BCUT2D eigenvalue weighted by molar-refractivity contribution is 8.00. The lowest BCUT2D eigenvalue weighted by Gasteiger charge is -2.08. The highest BCUT2D eigenvalue weighted by Crippen LogP contribution is 2.25. The van der Waals surface area contributed by atoms with Crippen LogP contribution in [-0.2, 0) is 16.0 Å². The van der Waals surface area contributed by atoms with Crippen LogP contribution in [0.4, 0.5) is 11.4 Å². The van der Waals surface area contributed by atoms with Crippen LogP contribution in [0, 0.1) is 0 Å². The summed E-state index contributed by atoms with van der Waals surface area (Å²) in [5, 5.41) is 6.49. The first-order valence-electron chi connectivity index (χ1n) is 8.81. The van der Waals surface area contributed by atoms with Gasteiger partial charge < -0.3 is 10.6 Å². The predicted molar refractivity (Wildman–Crippen MR) is 121 cm³/mol. The maximum Gasteiger partial charge on any atom is 0.234 e. The van der Waals surface area contributed by atoms with Crippen LogP contribution in [0.1, 0.15) is 5.56 Å². The first-order chi connectivity index (χ1) is 14.0. The van der Waals surface area contributed by atoms with Crippen molar-refractivity contribution >= 4 is 58.2 Å². The summed E-state index contributed by atoms with van der Waals surface area (Å²) in [5.74, 6) is 0.0335. The van der Waals surface area contributed by atoms with Crippen molar-refractivity contribution in [2.45, 2.75) is 11.3 Å². The number of nitrogens with one attached hydrogen (secondary N) is 2. The van der Waals surface area contributed by atoms with Crippen LogP contribution in [0.5, 0.6) is 0 Å². The molecule has 3 aromatic carbocycles. The molecule has 0 heterocycles. The van der Waals surface area contributed by atoms with E-state index in [4.69, 9.17) is 23.2 Å². The molecule has 3 aromatic rings. The Bertz CT molecular complexity index is 995. The highest BCUT2D eigenvalue weighted by Gasteiger charge is 2.07. The van der Waals surface area contributed by atoms with Crippen LogP contribution < -0.4 is 10.6 Å². The summed E-state index contributed by atoms with van der Waals surface area (Å²) in [4.78, 5) is 25.1. The van der Waals surface area contributed by atoms with Crippen molar-refractivity contribution in [2.75, 3.05) is 16.4 Å². The van der Waals surface area contributed by atoms with Gasteiger partial charge in [0.2, 0.25) is 11.8 Å². The second kappa shape index (κ2) is 10.3. The van der Waals surface area contributed by atoms with Crippen molar-refractivity contribution < 1.29 is 9.59 Å². The average molecular weight is 445 g/mol. The van der Waals surface area contributed by atoms with Gasteiger partial charge in [0.1, 0.15) is 0 Å². The number of carbonyl (C=O) groups is 2. The molecule has 148 valence electrons. The smallest absolute Gasteiger partial charge is 0.234 e. The second-order valence-corrected chi connectivity index (χ2v) is 8.06. The maximum absolute atomic E-state index is 12.1. The largest absolute Gasteiger partial charge is 0.326 e. The molecule has 0 saturated carbocycles. The lowest BCUT2D eigenvalue weighted by atomic mass is 10.1. The van der Waals surface area contributed by atoms with E-state index in [1.54, 1.807) is 18.2 Å². The zero-order valence-electron chi connectivity index (χ0n) is 15.3. The fourth-order valence-electron chi connectivity index (χ4n) is 2.54. The molecule has 0 atom stereocenters. The molecule has 0 saturated heterocycles. The SMILES string of the molecule is O=C(CSc1ccc(NC(=O)Cc2ccccc2)cc1)Nc1ccc(Cl)c(Cl)c1. The van der Waals surface area contributed by atoms with Gasteiger partial charge in [-0.3, -0.25) is 9.59 Å². The van der Waals surface area contributed by atoms with Crippen molar-refractivity contribution in [3.63, 3.8) is 0 Å². The molecule has 0 aliphatic heterocycles. The normalized spacial score (nSPS) is 10.4. The third-order valence-corrected chi connectivity index (χ3v) is 5.67. The van der Waals surface area contributed by atoms with Gasteiger partial charge in [-0.25, -0.2) is 0 Å². The van der Waals surface area contributed by atoms with E-state index >= 15 is 0 Å². The van der Waals surface area contributed by atoms with Crippen molar-refractivity contribution in [3.8, 4) is 0 Å². The van der Waals surface area contributed by atoms with Crippen molar-refractivity contribution in [1.82, 2.24) is 0 Å². The molecule has 0 radical (unpaired) electrons. The Morgan fingerprint density at radius 3 is 2.10 bits per heavy atom. The minimum absolute atomic E-state index is 0.0717. The van der Waals surface area contributed by atoms with Gasteiger partial charge in [-0.2, -0.15) is 0 Å². The summed E-state index contributed by atoms with van der Waals surface area (Å²) in [7, 11) is 0. The molecule has 0 aliphatic carbocycles. The monoisotopic (exact) mass is 444 g/mol. The minimum atomic E-state index is -0.145. The molecule has 0 spiro atoms. The molecular weight excluding hydrogens is 427 g/mol. The predicted octanol–water partition coefficient (Wildman–Crippen LogP) is 5.91. The van der Waals surface area contributed by atoms with Crippen LogP contribution in [0.15, 0.2) is 77.7 Å².